The molecule has 0 aliphatic carbocycles. The number of benzene rings is 1. The van der Waals surface area contributed by atoms with Crippen molar-refractivity contribution < 1.29 is 9.47 Å². The molecule has 20 heavy (non-hydrogen) atoms. The van der Waals surface area contributed by atoms with Crippen LogP contribution in [0.5, 0.6) is 5.75 Å². The molecule has 0 heterocycles. The molecule has 0 aromatic heterocycles. The van der Waals surface area contributed by atoms with Crippen molar-refractivity contribution in [1.82, 2.24) is 4.90 Å². The van der Waals surface area contributed by atoms with E-state index in [1.165, 1.54) is 0 Å². The highest BCUT2D eigenvalue weighted by Crippen LogP contribution is 2.12. The zero-order valence-electron chi connectivity index (χ0n) is 12.3. The second-order valence-electron chi connectivity index (χ2n) is 4.74. The van der Waals surface area contributed by atoms with Gasteiger partial charge >= 0.3 is 0 Å². The Kier molecular flexibility index (Phi) is 8.18. The molecular formula is C15H24N2O2S. The van der Waals surface area contributed by atoms with Gasteiger partial charge in [0.2, 0.25) is 0 Å². The molecule has 0 aliphatic heterocycles. The van der Waals surface area contributed by atoms with Crippen LogP contribution < -0.4 is 10.5 Å². The summed E-state index contributed by atoms with van der Waals surface area (Å²) in [5.74, 6) is 0.854. The van der Waals surface area contributed by atoms with Gasteiger partial charge in [0, 0.05) is 32.4 Å². The monoisotopic (exact) mass is 296 g/mol. The van der Waals surface area contributed by atoms with Crippen molar-refractivity contribution in [2.45, 2.75) is 12.8 Å². The molecule has 1 aromatic rings. The molecule has 5 heteroatoms. The summed E-state index contributed by atoms with van der Waals surface area (Å²) in [6, 6.07) is 7.57. The van der Waals surface area contributed by atoms with Crippen LogP contribution in [0.2, 0.25) is 0 Å². The lowest BCUT2D eigenvalue weighted by Gasteiger charge is -2.16. The molecule has 1 rings (SSSR count). The third kappa shape index (κ3) is 6.84. The fourth-order valence-electron chi connectivity index (χ4n) is 1.83. The predicted molar refractivity (Wildman–Crippen MR) is 86.4 cm³/mol. The summed E-state index contributed by atoms with van der Waals surface area (Å²) in [6.07, 6.45) is 2.06. The molecule has 0 unspecified atom stereocenters. The topological polar surface area (TPSA) is 47.7 Å². The van der Waals surface area contributed by atoms with Crippen LogP contribution in [0.1, 0.15) is 18.4 Å². The molecule has 0 saturated heterocycles. The summed E-state index contributed by atoms with van der Waals surface area (Å²) in [7, 11) is 3.85. The highest BCUT2D eigenvalue weighted by atomic mass is 32.1. The average molecular weight is 296 g/mol. The first-order chi connectivity index (χ1) is 9.63. The number of thiocarbonyl (C=S) groups is 1. The van der Waals surface area contributed by atoms with Crippen LogP contribution in [0.25, 0.3) is 0 Å². The van der Waals surface area contributed by atoms with E-state index in [4.69, 9.17) is 27.4 Å². The van der Waals surface area contributed by atoms with Gasteiger partial charge in [-0.25, -0.2) is 0 Å². The highest BCUT2D eigenvalue weighted by molar-refractivity contribution is 7.80. The Labute approximate surface area is 126 Å². The first-order valence-electron chi connectivity index (χ1n) is 6.83. The molecule has 0 bridgehead atoms. The van der Waals surface area contributed by atoms with Crippen molar-refractivity contribution in [3.8, 4) is 5.75 Å². The van der Waals surface area contributed by atoms with Gasteiger partial charge in [-0.1, -0.05) is 12.2 Å². The SMILES string of the molecule is COCCCN(C)CCCOc1ccc(C(N)=S)cc1. The summed E-state index contributed by atoms with van der Waals surface area (Å²) in [5, 5.41) is 0. The molecule has 0 fully saturated rings. The maximum absolute atomic E-state index is 5.68. The Morgan fingerprint density at radius 2 is 1.75 bits per heavy atom. The first kappa shape index (κ1) is 16.9. The van der Waals surface area contributed by atoms with Crippen molar-refractivity contribution in [2.75, 3.05) is 40.5 Å². The minimum absolute atomic E-state index is 0.411. The van der Waals surface area contributed by atoms with Gasteiger partial charge in [0.15, 0.2) is 0 Å². The van der Waals surface area contributed by atoms with Gasteiger partial charge in [-0.15, -0.1) is 0 Å². The smallest absolute Gasteiger partial charge is 0.119 e. The van der Waals surface area contributed by atoms with E-state index >= 15 is 0 Å². The average Bonchev–Trinajstić information content (AvgIpc) is 2.44. The van der Waals surface area contributed by atoms with E-state index in [0.717, 1.165) is 43.9 Å². The van der Waals surface area contributed by atoms with Crippen LogP contribution in [0.4, 0.5) is 0 Å². The summed E-state index contributed by atoms with van der Waals surface area (Å²) in [5.41, 5.74) is 6.41. The minimum atomic E-state index is 0.411. The molecule has 4 nitrogen and oxygen atoms in total. The quantitative estimate of drug-likeness (QED) is 0.529. The third-order valence-electron chi connectivity index (χ3n) is 2.98. The van der Waals surface area contributed by atoms with E-state index < -0.39 is 0 Å². The van der Waals surface area contributed by atoms with Crippen LogP contribution in [0.15, 0.2) is 24.3 Å². The molecule has 112 valence electrons. The van der Waals surface area contributed by atoms with Crippen molar-refractivity contribution in [3.05, 3.63) is 29.8 Å². The van der Waals surface area contributed by atoms with E-state index in [0.29, 0.717) is 11.6 Å². The Morgan fingerprint density at radius 1 is 1.15 bits per heavy atom. The summed E-state index contributed by atoms with van der Waals surface area (Å²) < 4.78 is 10.7. The van der Waals surface area contributed by atoms with Gasteiger partial charge in [0.25, 0.3) is 0 Å². The fraction of sp³-hybridized carbons (Fsp3) is 0.533. The van der Waals surface area contributed by atoms with Crippen LogP contribution in [0, 0.1) is 0 Å². The molecule has 0 atom stereocenters. The summed E-state index contributed by atoms with van der Waals surface area (Å²) in [4.78, 5) is 2.70. The number of hydrogen-bond donors (Lipinski definition) is 1. The normalized spacial score (nSPS) is 10.8. The summed E-state index contributed by atoms with van der Waals surface area (Å²) >= 11 is 4.91. The van der Waals surface area contributed by atoms with Gasteiger partial charge in [0.05, 0.1) is 6.61 Å². The molecule has 0 saturated carbocycles. The zero-order valence-corrected chi connectivity index (χ0v) is 13.1. The number of nitrogens with two attached hydrogens (primary N) is 1. The minimum Gasteiger partial charge on any atom is -0.494 e. The van der Waals surface area contributed by atoms with Gasteiger partial charge < -0.3 is 20.1 Å². The van der Waals surface area contributed by atoms with Crippen molar-refractivity contribution >= 4 is 17.2 Å². The number of methoxy groups -OCH3 is 1. The molecule has 0 radical (unpaired) electrons. The standard InChI is InChI=1S/C15H24N2O2S/c1-17(9-3-11-18-2)10-4-12-19-14-7-5-13(6-8-14)15(16)20/h5-8H,3-4,9-12H2,1-2H3,(H2,16,20). The van der Waals surface area contributed by atoms with Gasteiger partial charge in [-0.3, -0.25) is 0 Å². The van der Waals surface area contributed by atoms with Gasteiger partial charge in [-0.05, 0) is 44.2 Å². The van der Waals surface area contributed by atoms with Crippen molar-refractivity contribution in [1.29, 1.82) is 0 Å². The predicted octanol–water partition coefficient (Wildman–Crippen LogP) is 2.06. The first-order valence-corrected chi connectivity index (χ1v) is 7.24. The molecular weight excluding hydrogens is 272 g/mol. The van der Waals surface area contributed by atoms with E-state index in [2.05, 4.69) is 11.9 Å². The second-order valence-corrected chi connectivity index (χ2v) is 5.18. The van der Waals surface area contributed by atoms with Crippen LogP contribution in [-0.4, -0.2) is 50.3 Å². The Bertz CT molecular complexity index is 395. The van der Waals surface area contributed by atoms with Gasteiger partial charge in [0.1, 0.15) is 10.7 Å². The Balaban J connectivity index is 2.16. The lowest BCUT2D eigenvalue weighted by atomic mass is 10.2. The van der Waals surface area contributed by atoms with E-state index in [-0.39, 0.29) is 0 Å². The Morgan fingerprint density at radius 3 is 2.30 bits per heavy atom. The number of rotatable bonds is 10. The Hall–Kier alpha value is -1.17. The molecule has 2 N–H and O–H groups in total. The summed E-state index contributed by atoms with van der Waals surface area (Å²) in [6.45, 7) is 3.60. The molecule has 0 amide bonds. The van der Waals surface area contributed by atoms with Crippen LogP contribution >= 0.6 is 12.2 Å². The van der Waals surface area contributed by atoms with Crippen molar-refractivity contribution in [2.24, 2.45) is 5.73 Å². The number of hydrogen-bond acceptors (Lipinski definition) is 4. The lowest BCUT2D eigenvalue weighted by Crippen LogP contribution is -2.23. The molecule has 0 aliphatic rings. The maximum atomic E-state index is 5.68. The third-order valence-corrected chi connectivity index (χ3v) is 3.22. The van der Waals surface area contributed by atoms with E-state index in [1.54, 1.807) is 7.11 Å². The number of ether oxygens (including phenoxy) is 2. The molecule has 0 spiro atoms. The fourth-order valence-corrected chi connectivity index (χ4v) is 1.97. The second kappa shape index (κ2) is 9.69. The van der Waals surface area contributed by atoms with E-state index in [9.17, 15) is 0 Å². The van der Waals surface area contributed by atoms with E-state index in [1.807, 2.05) is 24.3 Å². The van der Waals surface area contributed by atoms with Crippen LogP contribution in [0.3, 0.4) is 0 Å². The van der Waals surface area contributed by atoms with Gasteiger partial charge in [-0.2, -0.15) is 0 Å². The maximum Gasteiger partial charge on any atom is 0.119 e. The number of nitrogens with zero attached hydrogens (tertiary/aromatic N) is 1. The van der Waals surface area contributed by atoms with Crippen LogP contribution in [-0.2, 0) is 4.74 Å². The zero-order chi connectivity index (χ0) is 14.8. The van der Waals surface area contributed by atoms with Crippen molar-refractivity contribution in [3.63, 3.8) is 0 Å². The lowest BCUT2D eigenvalue weighted by molar-refractivity contribution is 0.176. The highest BCUT2D eigenvalue weighted by Gasteiger charge is 2.00. The molecule has 1 aromatic carbocycles. The largest absolute Gasteiger partial charge is 0.494 e.